The molecule has 0 spiro atoms. The van der Waals surface area contributed by atoms with Crippen molar-refractivity contribution in [3.05, 3.63) is 65.4 Å². The van der Waals surface area contributed by atoms with Gasteiger partial charge in [0.05, 0.1) is 13.7 Å². The van der Waals surface area contributed by atoms with E-state index in [1.807, 2.05) is 24.3 Å². The first kappa shape index (κ1) is 14.8. The van der Waals surface area contributed by atoms with Crippen molar-refractivity contribution in [2.75, 3.05) is 7.11 Å². The minimum Gasteiger partial charge on any atom is -0.497 e. The van der Waals surface area contributed by atoms with Crippen molar-refractivity contribution in [2.24, 2.45) is 0 Å². The summed E-state index contributed by atoms with van der Waals surface area (Å²) in [6.45, 7) is 2.62. The lowest BCUT2D eigenvalue weighted by Gasteiger charge is -2.08. The van der Waals surface area contributed by atoms with Crippen LogP contribution in [0.15, 0.2) is 48.5 Å². The van der Waals surface area contributed by atoms with Gasteiger partial charge in [-0.15, -0.1) is 5.10 Å². The Labute approximate surface area is 134 Å². The lowest BCUT2D eigenvalue weighted by atomic mass is 10.1. The Bertz CT molecular complexity index is 842. The molecule has 114 valence electrons. The van der Waals surface area contributed by atoms with Gasteiger partial charge in [0.15, 0.2) is 5.69 Å². The van der Waals surface area contributed by atoms with Crippen LogP contribution in [0.5, 0.6) is 5.75 Å². The van der Waals surface area contributed by atoms with Crippen LogP contribution in [-0.4, -0.2) is 22.1 Å². The number of aromatic nitrogens is 3. The SMILES string of the molecule is COc1ccc(-c2c(C#N)nnn2Cc2ccc(C)cc2)cc1. The van der Waals surface area contributed by atoms with Gasteiger partial charge in [0.1, 0.15) is 17.5 Å². The molecule has 0 unspecified atom stereocenters. The van der Waals surface area contributed by atoms with Crippen LogP contribution in [0.2, 0.25) is 0 Å². The van der Waals surface area contributed by atoms with Crippen molar-refractivity contribution in [1.29, 1.82) is 5.26 Å². The fraction of sp³-hybridized carbons (Fsp3) is 0.167. The van der Waals surface area contributed by atoms with Crippen LogP contribution < -0.4 is 4.74 Å². The molecule has 0 saturated heterocycles. The zero-order chi connectivity index (χ0) is 16.2. The third-order valence-electron chi connectivity index (χ3n) is 3.66. The van der Waals surface area contributed by atoms with E-state index in [2.05, 4.69) is 47.6 Å². The topological polar surface area (TPSA) is 63.7 Å². The Balaban J connectivity index is 1.99. The minimum absolute atomic E-state index is 0.322. The summed E-state index contributed by atoms with van der Waals surface area (Å²) >= 11 is 0. The van der Waals surface area contributed by atoms with E-state index >= 15 is 0 Å². The normalized spacial score (nSPS) is 10.3. The van der Waals surface area contributed by atoms with Gasteiger partial charge in [0.25, 0.3) is 0 Å². The second kappa shape index (κ2) is 6.32. The van der Waals surface area contributed by atoms with E-state index in [1.165, 1.54) is 5.56 Å². The van der Waals surface area contributed by atoms with Gasteiger partial charge in [-0.2, -0.15) is 5.26 Å². The van der Waals surface area contributed by atoms with Crippen molar-refractivity contribution in [3.63, 3.8) is 0 Å². The fourth-order valence-corrected chi connectivity index (χ4v) is 2.40. The Morgan fingerprint density at radius 3 is 2.39 bits per heavy atom. The van der Waals surface area contributed by atoms with Crippen LogP contribution in [0.25, 0.3) is 11.3 Å². The number of hydrogen-bond donors (Lipinski definition) is 0. The zero-order valence-corrected chi connectivity index (χ0v) is 13.0. The maximum atomic E-state index is 9.31. The molecule has 0 aliphatic heterocycles. The van der Waals surface area contributed by atoms with Crippen LogP contribution in [0.3, 0.4) is 0 Å². The summed E-state index contributed by atoms with van der Waals surface area (Å²) in [4.78, 5) is 0. The summed E-state index contributed by atoms with van der Waals surface area (Å²) in [5.74, 6) is 0.768. The first-order valence-corrected chi connectivity index (χ1v) is 7.25. The molecule has 0 bridgehead atoms. The van der Waals surface area contributed by atoms with Gasteiger partial charge in [0.2, 0.25) is 0 Å². The molecule has 5 nitrogen and oxygen atoms in total. The van der Waals surface area contributed by atoms with E-state index in [1.54, 1.807) is 11.8 Å². The van der Waals surface area contributed by atoms with Gasteiger partial charge in [-0.25, -0.2) is 4.68 Å². The highest BCUT2D eigenvalue weighted by Crippen LogP contribution is 2.25. The van der Waals surface area contributed by atoms with Gasteiger partial charge in [-0.3, -0.25) is 0 Å². The Kier molecular flexibility index (Phi) is 4.07. The molecule has 0 fully saturated rings. The molecule has 0 amide bonds. The molecule has 5 heteroatoms. The molecule has 0 radical (unpaired) electrons. The number of nitrogens with zero attached hydrogens (tertiary/aromatic N) is 4. The summed E-state index contributed by atoms with van der Waals surface area (Å²) in [6, 6.07) is 17.9. The molecule has 3 aromatic rings. The summed E-state index contributed by atoms with van der Waals surface area (Å²) in [6.07, 6.45) is 0. The Morgan fingerprint density at radius 1 is 1.09 bits per heavy atom. The number of rotatable bonds is 4. The van der Waals surface area contributed by atoms with Crippen LogP contribution >= 0.6 is 0 Å². The standard InChI is InChI=1S/C18H16N4O/c1-13-3-5-14(6-4-13)12-22-18(17(11-19)20-21-22)15-7-9-16(23-2)10-8-15/h3-10H,12H2,1-2H3. The molecule has 2 aromatic carbocycles. The van der Waals surface area contributed by atoms with Gasteiger partial charge >= 0.3 is 0 Å². The van der Waals surface area contributed by atoms with Crippen LogP contribution in [0, 0.1) is 18.3 Å². The predicted molar refractivity (Wildman–Crippen MR) is 87.0 cm³/mol. The maximum Gasteiger partial charge on any atom is 0.190 e. The zero-order valence-electron chi connectivity index (χ0n) is 13.0. The van der Waals surface area contributed by atoms with Crippen molar-refractivity contribution < 1.29 is 4.74 Å². The number of nitriles is 1. The largest absolute Gasteiger partial charge is 0.497 e. The highest BCUT2D eigenvalue weighted by Gasteiger charge is 2.15. The van der Waals surface area contributed by atoms with E-state index in [-0.39, 0.29) is 0 Å². The van der Waals surface area contributed by atoms with Gasteiger partial charge in [-0.05, 0) is 36.8 Å². The van der Waals surface area contributed by atoms with Crippen molar-refractivity contribution in [3.8, 4) is 23.1 Å². The number of methoxy groups -OCH3 is 1. The highest BCUT2D eigenvalue weighted by molar-refractivity contribution is 5.65. The molecule has 0 aliphatic rings. The second-order valence-electron chi connectivity index (χ2n) is 5.27. The predicted octanol–water partition coefficient (Wildman–Crippen LogP) is 3.18. The summed E-state index contributed by atoms with van der Waals surface area (Å²) < 4.78 is 6.93. The lowest BCUT2D eigenvalue weighted by Crippen LogP contribution is -2.04. The molecular formula is C18H16N4O. The Hall–Kier alpha value is -3.13. The van der Waals surface area contributed by atoms with E-state index in [0.29, 0.717) is 12.2 Å². The quantitative estimate of drug-likeness (QED) is 0.742. The van der Waals surface area contributed by atoms with E-state index < -0.39 is 0 Å². The average molecular weight is 304 g/mol. The first-order valence-electron chi connectivity index (χ1n) is 7.25. The highest BCUT2D eigenvalue weighted by atomic mass is 16.5. The van der Waals surface area contributed by atoms with Gasteiger partial charge in [-0.1, -0.05) is 35.0 Å². The molecule has 3 rings (SSSR count). The first-order chi connectivity index (χ1) is 11.2. The summed E-state index contributed by atoms with van der Waals surface area (Å²) in [5.41, 5.74) is 4.25. The van der Waals surface area contributed by atoms with E-state index in [0.717, 1.165) is 22.6 Å². The molecule has 1 heterocycles. The maximum absolute atomic E-state index is 9.31. The molecule has 23 heavy (non-hydrogen) atoms. The summed E-state index contributed by atoms with van der Waals surface area (Å²) in [5, 5.41) is 17.4. The third kappa shape index (κ3) is 3.06. The van der Waals surface area contributed by atoms with Crippen LogP contribution in [0.1, 0.15) is 16.8 Å². The molecule has 0 N–H and O–H groups in total. The van der Waals surface area contributed by atoms with Crippen LogP contribution in [-0.2, 0) is 6.54 Å². The number of aryl methyl sites for hydroxylation is 1. The van der Waals surface area contributed by atoms with Crippen molar-refractivity contribution in [1.82, 2.24) is 15.0 Å². The molecule has 0 saturated carbocycles. The lowest BCUT2D eigenvalue weighted by molar-refractivity contribution is 0.415. The molecule has 0 atom stereocenters. The molecule has 1 aromatic heterocycles. The number of ether oxygens (including phenoxy) is 1. The van der Waals surface area contributed by atoms with E-state index in [4.69, 9.17) is 4.74 Å². The number of hydrogen-bond acceptors (Lipinski definition) is 4. The van der Waals surface area contributed by atoms with Gasteiger partial charge < -0.3 is 4.74 Å². The number of benzene rings is 2. The molecule has 0 aliphatic carbocycles. The fourth-order valence-electron chi connectivity index (χ4n) is 2.40. The Morgan fingerprint density at radius 2 is 1.78 bits per heavy atom. The summed E-state index contributed by atoms with van der Waals surface area (Å²) in [7, 11) is 1.62. The smallest absolute Gasteiger partial charge is 0.190 e. The average Bonchev–Trinajstić information content (AvgIpc) is 2.99. The molecular weight excluding hydrogens is 288 g/mol. The van der Waals surface area contributed by atoms with Crippen molar-refractivity contribution >= 4 is 0 Å². The van der Waals surface area contributed by atoms with E-state index in [9.17, 15) is 5.26 Å². The van der Waals surface area contributed by atoms with Crippen LogP contribution in [0.4, 0.5) is 0 Å². The minimum atomic E-state index is 0.322. The van der Waals surface area contributed by atoms with Gasteiger partial charge in [0, 0.05) is 5.56 Å². The third-order valence-corrected chi connectivity index (χ3v) is 3.66. The van der Waals surface area contributed by atoms with Crippen molar-refractivity contribution in [2.45, 2.75) is 13.5 Å². The second-order valence-corrected chi connectivity index (χ2v) is 5.27. The monoisotopic (exact) mass is 304 g/mol.